The van der Waals surface area contributed by atoms with Crippen molar-refractivity contribution in [1.29, 1.82) is 0 Å². The fourth-order valence-electron chi connectivity index (χ4n) is 4.40. The van der Waals surface area contributed by atoms with Crippen LogP contribution in [-0.2, 0) is 6.42 Å². The molecule has 2 N–H and O–H groups in total. The van der Waals surface area contributed by atoms with E-state index in [-0.39, 0.29) is 11.6 Å². The Morgan fingerprint density at radius 2 is 1.78 bits per heavy atom. The summed E-state index contributed by atoms with van der Waals surface area (Å²) in [5, 5.41) is 0. The molecule has 5 rings (SSSR count). The minimum Gasteiger partial charge on any atom is -0.481 e. The number of benzene rings is 2. The minimum atomic E-state index is -0.581. The number of rotatable bonds is 4. The van der Waals surface area contributed by atoms with Crippen LogP contribution in [0.1, 0.15) is 29.7 Å². The van der Waals surface area contributed by atoms with E-state index in [1.165, 1.54) is 18.2 Å². The van der Waals surface area contributed by atoms with Crippen molar-refractivity contribution in [2.24, 2.45) is 5.73 Å². The number of aromatic nitrogens is 2. The van der Waals surface area contributed by atoms with E-state index in [2.05, 4.69) is 16.0 Å². The fraction of sp³-hybridized carbons (Fsp3) is 0.280. The van der Waals surface area contributed by atoms with E-state index in [1.807, 2.05) is 12.1 Å². The maximum absolute atomic E-state index is 14.4. The summed E-state index contributed by atoms with van der Waals surface area (Å²) in [6.07, 6.45) is 4.59. The normalized spacial score (nSPS) is 16.1. The summed E-state index contributed by atoms with van der Waals surface area (Å²) < 4.78 is 34.2. The first kappa shape index (κ1) is 20.6. The van der Waals surface area contributed by atoms with Crippen molar-refractivity contribution in [2.75, 3.05) is 25.1 Å². The summed E-state index contributed by atoms with van der Waals surface area (Å²) >= 11 is 0. The highest BCUT2D eigenvalue weighted by molar-refractivity contribution is 5.86. The third-order valence-corrected chi connectivity index (χ3v) is 6.18. The smallest absolute Gasteiger partial charge is 0.229 e. The first-order valence-corrected chi connectivity index (χ1v) is 10.8. The molecule has 2 heterocycles. The number of nitrogens with zero attached hydrogens (tertiary/aromatic N) is 3. The lowest BCUT2D eigenvalue weighted by atomic mass is 9.96. The second kappa shape index (κ2) is 8.31. The van der Waals surface area contributed by atoms with Crippen LogP contribution >= 0.6 is 0 Å². The highest BCUT2D eigenvalue weighted by Crippen LogP contribution is 2.37. The van der Waals surface area contributed by atoms with Crippen LogP contribution in [0.5, 0.6) is 5.88 Å². The highest BCUT2D eigenvalue weighted by atomic mass is 19.1. The van der Waals surface area contributed by atoms with Crippen LogP contribution in [0.3, 0.4) is 0 Å². The molecule has 1 fully saturated rings. The first-order valence-electron chi connectivity index (χ1n) is 10.8. The lowest BCUT2D eigenvalue weighted by Crippen LogP contribution is -2.40. The molecule has 0 unspecified atom stereocenters. The van der Waals surface area contributed by atoms with Crippen molar-refractivity contribution < 1.29 is 13.5 Å². The van der Waals surface area contributed by atoms with Crippen LogP contribution in [-0.4, -0.2) is 36.2 Å². The lowest BCUT2D eigenvalue weighted by molar-refractivity contribution is 0.395. The van der Waals surface area contributed by atoms with Crippen LogP contribution in [0, 0.1) is 11.6 Å². The summed E-state index contributed by atoms with van der Waals surface area (Å²) in [6, 6.07) is 11.4. The second-order valence-corrected chi connectivity index (χ2v) is 8.21. The standard InChI is InChI=1S/C25H24F2N4O/c1-32-23-14-22(29-25(30-23)31-11-9-17(28)10-12-31)18-8-7-15-5-6-16(13-19(15)18)24-20(26)3-2-4-21(24)27/h2-6,8,13-14,17H,7,9-12,28H2,1H3. The molecule has 1 aromatic heterocycles. The number of hydrogen-bond donors (Lipinski definition) is 1. The molecule has 2 aliphatic rings. The number of hydrogen-bond acceptors (Lipinski definition) is 5. The van der Waals surface area contributed by atoms with Gasteiger partial charge in [-0.3, -0.25) is 0 Å². The van der Waals surface area contributed by atoms with Crippen molar-refractivity contribution in [2.45, 2.75) is 25.3 Å². The Hall–Kier alpha value is -3.32. The Morgan fingerprint density at radius 1 is 1.03 bits per heavy atom. The van der Waals surface area contributed by atoms with E-state index < -0.39 is 11.6 Å². The molecule has 0 radical (unpaired) electrons. The monoisotopic (exact) mass is 434 g/mol. The van der Waals surface area contributed by atoms with Gasteiger partial charge in [-0.1, -0.05) is 24.3 Å². The maximum Gasteiger partial charge on any atom is 0.229 e. The van der Waals surface area contributed by atoms with Crippen LogP contribution in [0.25, 0.3) is 16.7 Å². The van der Waals surface area contributed by atoms with Crippen molar-refractivity contribution in [3.63, 3.8) is 0 Å². The molecule has 0 spiro atoms. The SMILES string of the molecule is COc1cc(C2=CCc3ccc(-c4c(F)cccc4F)cc32)nc(N2CCC(N)CC2)n1. The molecule has 32 heavy (non-hydrogen) atoms. The third-order valence-electron chi connectivity index (χ3n) is 6.18. The molecule has 5 nitrogen and oxygen atoms in total. The van der Waals surface area contributed by atoms with Gasteiger partial charge in [0.1, 0.15) is 11.6 Å². The Kier molecular flexibility index (Phi) is 5.35. The van der Waals surface area contributed by atoms with E-state index in [1.54, 1.807) is 19.2 Å². The predicted octanol–water partition coefficient (Wildman–Crippen LogP) is 4.35. The van der Waals surface area contributed by atoms with Gasteiger partial charge in [-0.05, 0) is 54.2 Å². The molecule has 164 valence electrons. The van der Waals surface area contributed by atoms with Gasteiger partial charge in [0, 0.05) is 30.8 Å². The molecule has 7 heteroatoms. The number of ether oxygens (including phenoxy) is 1. The molecular formula is C25H24F2N4O. The molecule has 0 atom stereocenters. The number of anilines is 1. The van der Waals surface area contributed by atoms with Gasteiger partial charge in [0.15, 0.2) is 0 Å². The number of piperidine rings is 1. The zero-order valence-corrected chi connectivity index (χ0v) is 17.8. The van der Waals surface area contributed by atoms with Gasteiger partial charge in [-0.25, -0.2) is 13.8 Å². The summed E-state index contributed by atoms with van der Waals surface area (Å²) in [7, 11) is 1.58. The van der Waals surface area contributed by atoms with Gasteiger partial charge < -0.3 is 15.4 Å². The summed E-state index contributed by atoms with van der Waals surface area (Å²) in [4.78, 5) is 11.5. The molecule has 0 saturated carbocycles. The van der Waals surface area contributed by atoms with E-state index in [0.717, 1.165) is 54.7 Å². The third kappa shape index (κ3) is 3.73. The number of allylic oxidation sites excluding steroid dienone is 1. The molecule has 2 aromatic carbocycles. The molecule has 1 saturated heterocycles. The van der Waals surface area contributed by atoms with Crippen LogP contribution in [0.15, 0.2) is 48.5 Å². The molecule has 3 aromatic rings. The second-order valence-electron chi connectivity index (χ2n) is 8.21. The van der Waals surface area contributed by atoms with Gasteiger partial charge in [-0.2, -0.15) is 4.98 Å². The van der Waals surface area contributed by atoms with Crippen LogP contribution < -0.4 is 15.4 Å². The number of methoxy groups -OCH3 is 1. The quantitative estimate of drug-likeness (QED) is 0.662. The zero-order chi connectivity index (χ0) is 22.2. The van der Waals surface area contributed by atoms with E-state index in [4.69, 9.17) is 15.5 Å². The number of halogens is 2. The fourth-order valence-corrected chi connectivity index (χ4v) is 4.40. The predicted molar refractivity (Wildman–Crippen MR) is 121 cm³/mol. The van der Waals surface area contributed by atoms with Crippen molar-refractivity contribution in [3.05, 3.63) is 77.0 Å². The zero-order valence-electron chi connectivity index (χ0n) is 17.8. The van der Waals surface area contributed by atoms with Gasteiger partial charge in [0.05, 0.1) is 18.4 Å². The van der Waals surface area contributed by atoms with E-state index in [9.17, 15) is 8.78 Å². The summed E-state index contributed by atoms with van der Waals surface area (Å²) in [6.45, 7) is 1.58. The Labute approximate surface area is 185 Å². The molecule has 1 aliphatic carbocycles. The van der Waals surface area contributed by atoms with Crippen molar-refractivity contribution in [1.82, 2.24) is 9.97 Å². The Bertz CT molecular complexity index is 1180. The van der Waals surface area contributed by atoms with E-state index >= 15 is 0 Å². The molecule has 0 bridgehead atoms. The molecular weight excluding hydrogens is 410 g/mol. The maximum atomic E-state index is 14.4. The van der Waals surface area contributed by atoms with Gasteiger partial charge in [0.25, 0.3) is 0 Å². The van der Waals surface area contributed by atoms with Crippen LogP contribution in [0.4, 0.5) is 14.7 Å². The Morgan fingerprint density at radius 3 is 2.50 bits per heavy atom. The summed E-state index contributed by atoms with van der Waals surface area (Å²) in [5.74, 6) is -0.0759. The average Bonchev–Trinajstić information content (AvgIpc) is 3.22. The van der Waals surface area contributed by atoms with Gasteiger partial charge >= 0.3 is 0 Å². The first-order chi connectivity index (χ1) is 15.5. The largest absolute Gasteiger partial charge is 0.481 e. The number of nitrogens with two attached hydrogens (primary N) is 1. The topological polar surface area (TPSA) is 64.3 Å². The summed E-state index contributed by atoms with van der Waals surface area (Å²) in [5.41, 5.74) is 10.2. The van der Waals surface area contributed by atoms with Crippen molar-refractivity contribution in [3.8, 4) is 17.0 Å². The minimum absolute atomic E-state index is 0.0211. The Balaban J connectivity index is 1.55. The average molecular weight is 434 g/mol. The molecule has 0 amide bonds. The van der Waals surface area contributed by atoms with Crippen LogP contribution in [0.2, 0.25) is 0 Å². The highest BCUT2D eigenvalue weighted by Gasteiger charge is 2.24. The number of fused-ring (bicyclic) bond motifs is 1. The van der Waals surface area contributed by atoms with Gasteiger partial charge in [0.2, 0.25) is 11.8 Å². The van der Waals surface area contributed by atoms with Gasteiger partial charge in [-0.15, -0.1) is 0 Å². The lowest BCUT2D eigenvalue weighted by Gasteiger charge is -2.30. The van der Waals surface area contributed by atoms with E-state index in [0.29, 0.717) is 17.4 Å². The van der Waals surface area contributed by atoms with Crippen molar-refractivity contribution >= 4 is 11.5 Å². The molecule has 1 aliphatic heterocycles.